The Bertz CT molecular complexity index is 1710. The van der Waals surface area contributed by atoms with Crippen LogP contribution in [0.3, 0.4) is 0 Å². The molecule has 4 rings (SSSR count). The SMILES string of the molecule is COc1cc(C(=O)Nc2cccc(-c3cccc(NC(=O)c4cc(OC)c(CNCC(=O)O)cn4)c3C)c2C)ncc1CNCC(=O)O. The molecule has 0 spiro atoms. The van der Waals surface area contributed by atoms with E-state index in [1.54, 1.807) is 12.1 Å². The molecule has 0 aliphatic heterocycles. The second-order valence-electron chi connectivity index (χ2n) is 10.6. The van der Waals surface area contributed by atoms with Gasteiger partial charge >= 0.3 is 11.9 Å². The minimum atomic E-state index is -0.992. The van der Waals surface area contributed by atoms with E-state index in [9.17, 15) is 19.2 Å². The van der Waals surface area contributed by atoms with Crippen LogP contribution in [-0.2, 0) is 22.7 Å². The maximum absolute atomic E-state index is 13.2. The minimum Gasteiger partial charge on any atom is -0.496 e. The van der Waals surface area contributed by atoms with Crippen molar-refractivity contribution >= 4 is 35.1 Å². The fourth-order valence-electron chi connectivity index (χ4n) is 4.93. The molecule has 0 bridgehead atoms. The molecule has 4 aromatic rings. The number of carboxylic acids is 2. The van der Waals surface area contributed by atoms with Gasteiger partial charge in [-0.05, 0) is 48.2 Å². The lowest BCUT2D eigenvalue weighted by Crippen LogP contribution is -2.22. The lowest BCUT2D eigenvalue weighted by molar-refractivity contribution is -0.137. The number of nitrogens with one attached hydrogen (secondary N) is 4. The molecule has 0 unspecified atom stereocenters. The maximum Gasteiger partial charge on any atom is 0.317 e. The van der Waals surface area contributed by atoms with E-state index in [-0.39, 0.29) is 37.6 Å². The average Bonchev–Trinajstić information content (AvgIpc) is 3.06. The summed E-state index contributed by atoms with van der Waals surface area (Å²) < 4.78 is 10.8. The Labute approximate surface area is 276 Å². The number of aliphatic carboxylic acids is 2. The van der Waals surface area contributed by atoms with Crippen LogP contribution in [0.4, 0.5) is 11.4 Å². The van der Waals surface area contributed by atoms with E-state index in [2.05, 4.69) is 31.2 Å². The van der Waals surface area contributed by atoms with Crippen LogP contribution < -0.4 is 30.7 Å². The van der Waals surface area contributed by atoms with Crippen molar-refractivity contribution in [3.05, 3.63) is 94.6 Å². The van der Waals surface area contributed by atoms with Gasteiger partial charge in [-0.15, -0.1) is 0 Å². The number of carbonyl (C=O) groups excluding carboxylic acids is 2. The van der Waals surface area contributed by atoms with E-state index in [1.807, 2.05) is 38.1 Å². The topological polar surface area (TPSA) is 201 Å². The fraction of sp³-hybridized carbons (Fsp3) is 0.235. The third kappa shape index (κ3) is 8.69. The third-order valence-electron chi connectivity index (χ3n) is 7.43. The molecule has 14 nitrogen and oxygen atoms in total. The van der Waals surface area contributed by atoms with Gasteiger partial charge in [0.1, 0.15) is 22.9 Å². The lowest BCUT2D eigenvalue weighted by atomic mass is 9.94. The molecule has 0 fully saturated rings. The first-order valence-electron chi connectivity index (χ1n) is 14.8. The summed E-state index contributed by atoms with van der Waals surface area (Å²) in [5.41, 5.74) is 5.83. The zero-order valence-corrected chi connectivity index (χ0v) is 26.8. The summed E-state index contributed by atoms with van der Waals surface area (Å²) in [7, 11) is 2.91. The summed E-state index contributed by atoms with van der Waals surface area (Å²) >= 11 is 0. The van der Waals surface area contributed by atoms with Crippen LogP contribution >= 0.6 is 0 Å². The Morgan fingerprint density at radius 1 is 0.667 bits per heavy atom. The van der Waals surface area contributed by atoms with Crippen molar-refractivity contribution in [2.45, 2.75) is 26.9 Å². The number of pyridine rings is 2. The second kappa shape index (κ2) is 16.1. The molecule has 0 aliphatic rings. The van der Waals surface area contributed by atoms with Crippen molar-refractivity contribution in [3.63, 3.8) is 0 Å². The first kappa shape index (κ1) is 35.0. The Hall–Kier alpha value is -5.86. The molecule has 0 atom stereocenters. The molecule has 2 aromatic carbocycles. The highest BCUT2D eigenvalue weighted by Gasteiger charge is 2.18. The van der Waals surface area contributed by atoms with Crippen molar-refractivity contribution in [3.8, 4) is 22.6 Å². The van der Waals surface area contributed by atoms with Crippen LogP contribution in [0.25, 0.3) is 11.1 Å². The number of carbonyl (C=O) groups is 4. The Kier molecular flexibility index (Phi) is 11.7. The summed E-state index contributed by atoms with van der Waals surface area (Å²) in [6.45, 7) is 3.71. The predicted molar refractivity (Wildman–Crippen MR) is 178 cm³/mol. The molecule has 48 heavy (non-hydrogen) atoms. The molecule has 2 aromatic heterocycles. The van der Waals surface area contributed by atoms with E-state index < -0.39 is 23.8 Å². The molecule has 0 radical (unpaired) electrons. The maximum atomic E-state index is 13.2. The van der Waals surface area contributed by atoms with Crippen LogP contribution in [0.1, 0.15) is 43.2 Å². The van der Waals surface area contributed by atoms with Crippen LogP contribution in [0.5, 0.6) is 11.5 Å². The number of aromatic nitrogens is 2. The standard InChI is InChI=1S/C34H36N6O8/c1-19-23(7-5-9-25(19)39-33(45)27-11-29(47-3)21(15-37-27)13-35-17-31(41)42)24-8-6-10-26(20(24)2)40-34(46)28-12-30(48-4)22(16-38-28)14-36-18-32(43)44/h5-12,15-16,35-36H,13-14,17-18H2,1-4H3,(H,39,45)(H,40,46)(H,41,42)(H,43,44). The number of hydrogen-bond donors (Lipinski definition) is 6. The van der Waals surface area contributed by atoms with Gasteiger partial charge in [0.25, 0.3) is 11.8 Å². The fourth-order valence-corrected chi connectivity index (χ4v) is 4.93. The molecule has 250 valence electrons. The highest BCUT2D eigenvalue weighted by molar-refractivity contribution is 6.05. The van der Waals surface area contributed by atoms with Crippen molar-refractivity contribution in [1.29, 1.82) is 0 Å². The van der Waals surface area contributed by atoms with Gasteiger partial charge < -0.3 is 41.0 Å². The average molecular weight is 657 g/mol. The number of rotatable bonds is 15. The van der Waals surface area contributed by atoms with Crippen LogP contribution in [0.2, 0.25) is 0 Å². The molecule has 6 N–H and O–H groups in total. The number of amides is 2. The lowest BCUT2D eigenvalue weighted by Gasteiger charge is -2.17. The molecular formula is C34H36N6O8. The van der Waals surface area contributed by atoms with Crippen molar-refractivity contribution in [2.75, 3.05) is 37.9 Å². The first-order valence-corrected chi connectivity index (χ1v) is 14.8. The molecule has 2 heterocycles. The number of methoxy groups -OCH3 is 2. The summed E-state index contributed by atoms with van der Waals surface area (Å²) in [6, 6.07) is 14.0. The zero-order valence-electron chi connectivity index (χ0n) is 26.8. The quantitative estimate of drug-likeness (QED) is 0.109. The molecule has 14 heteroatoms. The number of benzene rings is 2. The van der Waals surface area contributed by atoms with E-state index in [0.29, 0.717) is 34.0 Å². The van der Waals surface area contributed by atoms with Crippen molar-refractivity contribution in [2.24, 2.45) is 0 Å². The summed E-state index contributed by atoms with van der Waals surface area (Å²) in [5, 5.41) is 29.1. The number of nitrogens with zero attached hydrogens (tertiary/aromatic N) is 2. The molecule has 0 aliphatic carbocycles. The summed E-state index contributed by atoms with van der Waals surface area (Å²) in [6.07, 6.45) is 2.93. The highest BCUT2D eigenvalue weighted by atomic mass is 16.5. The third-order valence-corrected chi connectivity index (χ3v) is 7.43. The highest BCUT2D eigenvalue weighted by Crippen LogP contribution is 2.34. The zero-order chi connectivity index (χ0) is 34.8. The summed E-state index contributed by atoms with van der Waals surface area (Å²) in [4.78, 5) is 56.5. The predicted octanol–water partition coefficient (Wildman–Crippen LogP) is 3.63. The van der Waals surface area contributed by atoms with E-state index >= 15 is 0 Å². The Morgan fingerprint density at radius 2 is 1.06 bits per heavy atom. The second-order valence-corrected chi connectivity index (χ2v) is 10.6. The van der Waals surface area contributed by atoms with E-state index in [4.69, 9.17) is 19.7 Å². The molecular weight excluding hydrogens is 620 g/mol. The number of ether oxygens (including phenoxy) is 2. The van der Waals surface area contributed by atoms with Crippen molar-refractivity contribution < 1.29 is 38.9 Å². The van der Waals surface area contributed by atoms with Gasteiger partial charge in [0.15, 0.2) is 0 Å². The van der Waals surface area contributed by atoms with Gasteiger partial charge in [-0.1, -0.05) is 24.3 Å². The number of hydrogen-bond acceptors (Lipinski definition) is 10. The Morgan fingerprint density at radius 3 is 1.42 bits per heavy atom. The van der Waals surface area contributed by atoms with Gasteiger partial charge in [-0.3, -0.25) is 29.1 Å². The summed E-state index contributed by atoms with van der Waals surface area (Å²) in [5.74, 6) is -2.11. The van der Waals surface area contributed by atoms with Gasteiger partial charge in [-0.25, -0.2) is 0 Å². The van der Waals surface area contributed by atoms with Gasteiger partial charge in [0.05, 0.1) is 27.3 Å². The van der Waals surface area contributed by atoms with Gasteiger partial charge in [-0.2, -0.15) is 0 Å². The monoisotopic (exact) mass is 656 g/mol. The smallest absolute Gasteiger partial charge is 0.317 e. The van der Waals surface area contributed by atoms with Crippen LogP contribution in [0.15, 0.2) is 60.9 Å². The van der Waals surface area contributed by atoms with Crippen molar-refractivity contribution in [1.82, 2.24) is 20.6 Å². The molecule has 0 saturated carbocycles. The first-order chi connectivity index (χ1) is 23.0. The van der Waals surface area contributed by atoms with E-state index in [0.717, 1.165) is 22.3 Å². The number of carboxylic acid groups (broad SMARTS) is 2. The normalized spacial score (nSPS) is 10.7. The van der Waals surface area contributed by atoms with Gasteiger partial charge in [0, 0.05) is 60.1 Å². The minimum absolute atomic E-state index is 0.120. The molecule has 2 amide bonds. The van der Waals surface area contributed by atoms with Crippen LogP contribution in [-0.4, -0.2) is 71.2 Å². The van der Waals surface area contributed by atoms with Crippen LogP contribution in [0, 0.1) is 13.8 Å². The Balaban J connectivity index is 1.51. The van der Waals surface area contributed by atoms with Gasteiger partial charge in [0.2, 0.25) is 0 Å². The number of anilines is 2. The van der Waals surface area contributed by atoms with E-state index in [1.165, 1.54) is 38.7 Å². The molecule has 0 saturated heterocycles. The largest absolute Gasteiger partial charge is 0.496 e.